The van der Waals surface area contributed by atoms with Crippen molar-refractivity contribution in [2.45, 2.75) is 19.8 Å². The summed E-state index contributed by atoms with van der Waals surface area (Å²) in [6, 6.07) is 12.7. The lowest BCUT2D eigenvalue weighted by molar-refractivity contribution is 0.225. The Morgan fingerprint density at radius 2 is 1.81 bits per heavy atom. The van der Waals surface area contributed by atoms with Gasteiger partial charge in [0.05, 0.1) is 7.11 Å². The number of hydrogen-bond donors (Lipinski definition) is 1. The van der Waals surface area contributed by atoms with E-state index in [-0.39, 0.29) is 18.3 Å². The van der Waals surface area contributed by atoms with Crippen molar-refractivity contribution in [3.63, 3.8) is 0 Å². The Morgan fingerprint density at radius 3 is 2.38 bits per heavy atom. The summed E-state index contributed by atoms with van der Waals surface area (Å²) >= 11 is 0. The zero-order valence-electron chi connectivity index (χ0n) is 12.5. The highest BCUT2D eigenvalue weighted by Crippen LogP contribution is 2.19. The van der Waals surface area contributed by atoms with E-state index >= 15 is 0 Å². The van der Waals surface area contributed by atoms with E-state index in [2.05, 4.69) is 0 Å². The smallest absolute Gasteiger partial charge is 0.123 e. The summed E-state index contributed by atoms with van der Waals surface area (Å²) in [5, 5.41) is 9.60. The number of ether oxygens (including phenoxy) is 1. The topological polar surface area (TPSA) is 29.5 Å². The second kappa shape index (κ2) is 7.23. The van der Waals surface area contributed by atoms with Crippen molar-refractivity contribution in [3.8, 4) is 5.75 Å². The van der Waals surface area contributed by atoms with Crippen molar-refractivity contribution in [1.29, 1.82) is 0 Å². The molecule has 1 N–H and O–H groups in total. The fraction of sp³-hybridized carbons (Fsp3) is 0.333. The highest BCUT2D eigenvalue weighted by molar-refractivity contribution is 5.29. The maximum absolute atomic E-state index is 13.1. The van der Waals surface area contributed by atoms with Crippen LogP contribution in [0.1, 0.15) is 16.7 Å². The normalized spacial score (nSPS) is 12.2. The van der Waals surface area contributed by atoms with E-state index in [1.165, 1.54) is 12.1 Å². The molecule has 0 heterocycles. The van der Waals surface area contributed by atoms with Gasteiger partial charge in [0.15, 0.2) is 0 Å². The molecule has 21 heavy (non-hydrogen) atoms. The second-order valence-electron chi connectivity index (χ2n) is 5.38. The number of methoxy groups -OCH3 is 1. The number of aryl methyl sites for hydroxylation is 1. The summed E-state index contributed by atoms with van der Waals surface area (Å²) in [7, 11) is 1.64. The van der Waals surface area contributed by atoms with Crippen molar-refractivity contribution in [2.24, 2.45) is 5.92 Å². The number of aliphatic hydroxyl groups excluding tert-OH is 1. The van der Waals surface area contributed by atoms with Crippen LogP contribution in [0.3, 0.4) is 0 Å². The van der Waals surface area contributed by atoms with Crippen LogP contribution in [-0.2, 0) is 12.8 Å². The van der Waals surface area contributed by atoms with E-state index < -0.39 is 0 Å². The van der Waals surface area contributed by atoms with Gasteiger partial charge in [-0.1, -0.05) is 18.2 Å². The fourth-order valence-corrected chi connectivity index (χ4v) is 2.50. The van der Waals surface area contributed by atoms with Gasteiger partial charge in [0.25, 0.3) is 0 Å². The first-order valence-corrected chi connectivity index (χ1v) is 7.11. The predicted molar refractivity (Wildman–Crippen MR) is 82.1 cm³/mol. The standard InChI is InChI=1S/C18H21FO2/c1-13-9-17(19)6-5-16(13)11-15(12-20)10-14-3-7-18(21-2)8-4-14/h3-9,15,20H,10-12H2,1-2H3. The Labute approximate surface area is 125 Å². The molecule has 0 fully saturated rings. The molecule has 0 aliphatic rings. The van der Waals surface area contributed by atoms with Gasteiger partial charge in [0, 0.05) is 6.61 Å². The summed E-state index contributed by atoms with van der Waals surface area (Å²) in [6.45, 7) is 2.02. The lowest BCUT2D eigenvalue weighted by Crippen LogP contribution is -2.13. The lowest BCUT2D eigenvalue weighted by Gasteiger charge is -2.16. The Hall–Kier alpha value is -1.87. The molecule has 0 bridgehead atoms. The largest absolute Gasteiger partial charge is 0.497 e. The zero-order chi connectivity index (χ0) is 15.2. The van der Waals surface area contributed by atoms with Gasteiger partial charge in [0.1, 0.15) is 11.6 Å². The molecule has 1 unspecified atom stereocenters. The zero-order valence-corrected chi connectivity index (χ0v) is 12.5. The van der Waals surface area contributed by atoms with Crippen molar-refractivity contribution in [3.05, 3.63) is 65.0 Å². The Balaban J connectivity index is 2.05. The van der Waals surface area contributed by atoms with Crippen LogP contribution in [-0.4, -0.2) is 18.8 Å². The predicted octanol–water partition coefficient (Wildman–Crippen LogP) is 3.54. The molecule has 2 rings (SSSR count). The van der Waals surface area contributed by atoms with Crippen molar-refractivity contribution < 1.29 is 14.2 Å². The molecule has 2 aromatic rings. The first kappa shape index (κ1) is 15.5. The van der Waals surface area contributed by atoms with Crippen LogP contribution in [0.2, 0.25) is 0 Å². The molecular formula is C18H21FO2. The highest BCUT2D eigenvalue weighted by atomic mass is 19.1. The first-order chi connectivity index (χ1) is 10.1. The van der Waals surface area contributed by atoms with Crippen molar-refractivity contribution in [2.75, 3.05) is 13.7 Å². The van der Waals surface area contributed by atoms with E-state index in [4.69, 9.17) is 4.74 Å². The molecule has 0 aromatic heterocycles. The van der Waals surface area contributed by atoms with Gasteiger partial charge in [-0.25, -0.2) is 4.39 Å². The van der Waals surface area contributed by atoms with Crippen LogP contribution in [0.25, 0.3) is 0 Å². The van der Waals surface area contributed by atoms with E-state index in [1.807, 2.05) is 31.2 Å². The minimum absolute atomic E-state index is 0.114. The van der Waals surface area contributed by atoms with Crippen LogP contribution < -0.4 is 4.74 Å². The fourth-order valence-electron chi connectivity index (χ4n) is 2.50. The van der Waals surface area contributed by atoms with E-state index in [1.54, 1.807) is 13.2 Å². The van der Waals surface area contributed by atoms with Gasteiger partial charge < -0.3 is 9.84 Å². The molecule has 0 radical (unpaired) electrons. The maximum atomic E-state index is 13.1. The third-order valence-electron chi connectivity index (χ3n) is 3.75. The summed E-state index contributed by atoms with van der Waals surface area (Å²) < 4.78 is 18.3. The van der Waals surface area contributed by atoms with Gasteiger partial charge in [-0.05, 0) is 66.6 Å². The van der Waals surface area contributed by atoms with Gasteiger partial charge >= 0.3 is 0 Å². The van der Waals surface area contributed by atoms with Crippen LogP contribution in [0, 0.1) is 18.7 Å². The third-order valence-corrected chi connectivity index (χ3v) is 3.75. The molecule has 0 aliphatic heterocycles. The Bertz CT molecular complexity index is 578. The van der Waals surface area contributed by atoms with Crippen LogP contribution in [0.5, 0.6) is 5.75 Å². The SMILES string of the molecule is COc1ccc(CC(CO)Cc2ccc(F)cc2C)cc1. The van der Waals surface area contributed by atoms with E-state index in [9.17, 15) is 9.50 Å². The summed E-state index contributed by atoms with van der Waals surface area (Å²) in [6.07, 6.45) is 1.53. The second-order valence-corrected chi connectivity index (χ2v) is 5.38. The molecule has 0 aliphatic carbocycles. The Morgan fingerprint density at radius 1 is 1.10 bits per heavy atom. The van der Waals surface area contributed by atoms with Gasteiger partial charge in [-0.2, -0.15) is 0 Å². The number of halogens is 1. The van der Waals surface area contributed by atoms with Crippen LogP contribution in [0.4, 0.5) is 4.39 Å². The number of hydrogen-bond acceptors (Lipinski definition) is 2. The highest BCUT2D eigenvalue weighted by Gasteiger charge is 2.12. The molecule has 1 atom stereocenters. The summed E-state index contributed by atoms with van der Waals surface area (Å²) in [5.41, 5.74) is 3.18. The molecule has 0 saturated heterocycles. The maximum Gasteiger partial charge on any atom is 0.123 e. The lowest BCUT2D eigenvalue weighted by atomic mass is 9.91. The van der Waals surface area contributed by atoms with E-state index in [0.29, 0.717) is 0 Å². The molecule has 112 valence electrons. The van der Waals surface area contributed by atoms with Gasteiger partial charge in [-0.15, -0.1) is 0 Å². The van der Waals surface area contributed by atoms with Crippen molar-refractivity contribution >= 4 is 0 Å². The van der Waals surface area contributed by atoms with Crippen molar-refractivity contribution in [1.82, 2.24) is 0 Å². The summed E-state index contributed by atoms with van der Waals surface area (Å²) in [4.78, 5) is 0. The molecule has 3 heteroatoms. The molecule has 2 nitrogen and oxygen atoms in total. The molecule has 0 amide bonds. The average molecular weight is 288 g/mol. The van der Waals surface area contributed by atoms with E-state index in [0.717, 1.165) is 35.3 Å². The first-order valence-electron chi connectivity index (χ1n) is 7.11. The van der Waals surface area contributed by atoms with Crippen LogP contribution in [0.15, 0.2) is 42.5 Å². The monoisotopic (exact) mass is 288 g/mol. The molecule has 2 aromatic carbocycles. The minimum Gasteiger partial charge on any atom is -0.497 e. The Kier molecular flexibility index (Phi) is 5.34. The average Bonchev–Trinajstić information content (AvgIpc) is 2.49. The number of benzene rings is 2. The van der Waals surface area contributed by atoms with Gasteiger partial charge in [0.2, 0.25) is 0 Å². The minimum atomic E-state index is -0.216. The summed E-state index contributed by atoms with van der Waals surface area (Å²) in [5.74, 6) is 0.739. The quantitative estimate of drug-likeness (QED) is 0.881. The molecular weight excluding hydrogens is 267 g/mol. The molecule has 0 saturated carbocycles. The number of aliphatic hydroxyl groups is 1. The molecule has 0 spiro atoms. The number of rotatable bonds is 6. The third kappa shape index (κ3) is 4.30. The van der Waals surface area contributed by atoms with Crippen LogP contribution >= 0.6 is 0 Å². The van der Waals surface area contributed by atoms with Gasteiger partial charge in [-0.3, -0.25) is 0 Å².